The van der Waals surface area contributed by atoms with Crippen LogP contribution in [0.1, 0.15) is 111 Å². The maximum atomic E-state index is 10.3. The van der Waals surface area contributed by atoms with Crippen molar-refractivity contribution >= 4 is 16.4 Å². The molecule has 1 unspecified atom stereocenters. The number of hydrogen-bond donors (Lipinski definition) is 4. The first-order valence-electron chi connectivity index (χ1n) is 11.4. The largest absolute Gasteiger partial charge is 1.00 e. The average Bonchev–Trinajstić information content (AvgIpc) is 2.68. The summed E-state index contributed by atoms with van der Waals surface area (Å²) in [6, 6.07) is 0. The Morgan fingerprint density at radius 1 is 0.839 bits per heavy atom. The number of aliphatic hydroxyl groups excluding tert-OH is 2. The van der Waals surface area contributed by atoms with Gasteiger partial charge < -0.3 is 16.7 Å². The van der Waals surface area contributed by atoms with Gasteiger partial charge in [0.25, 0.3) is 0 Å². The monoisotopic (exact) mass is 480 g/mol. The van der Waals surface area contributed by atoms with Crippen LogP contribution in [-0.2, 0) is 19.4 Å². The number of aliphatic carboxylic acids is 1. The minimum atomic E-state index is -4.50. The third-order valence-corrected chi connectivity index (χ3v) is 5.05. The molecule has 0 aliphatic heterocycles. The molecule has 0 heterocycles. The molecule has 0 rings (SSSR count). The van der Waals surface area contributed by atoms with E-state index in [-0.39, 0.29) is 31.0 Å². The number of hydrogen-bond acceptors (Lipinski definition) is 6. The van der Waals surface area contributed by atoms with Crippen LogP contribution in [0.25, 0.3) is 0 Å². The van der Waals surface area contributed by atoms with Gasteiger partial charge in [0.15, 0.2) is 0 Å². The molecule has 0 bridgehead atoms. The van der Waals surface area contributed by atoms with Crippen LogP contribution < -0.4 is 29.6 Å². The van der Waals surface area contributed by atoms with E-state index in [0.29, 0.717) is 6.42 Å². The first-order chi connectivity index (χ1) is 14.2. The van der Waals surface area contributed by atoms with Crippen LogP contribution in [-0.4, -0.2) is 53.6 Å². The van der Waals surface area contributed by atoms with Crippen molar-refractivity contribution in [3.05, 3.63) is 0 Å². The molecule has 0 amide bonds. The van der Waals surface area contributed by atoms with Crippen LogP contribution in [0, 0.1) is 0 Å². The van der Waals surface area contributed by atoms with Gasteiger partial charge in [-0.3, -0.25) is 9.35 Å². The Labute approximate surface area is 212 Å². The molecule has 184 valence electrons. The van der Waals surface area contributed by atoms with E-state index in [9.17, 15) is 13.2 Å². The second kappa shape index (κ2) is 26.5. The van der Waals surface area contributed by atoms with E-state index < -0.39 is 35.7 Å². The van der Waals surface area contributed by atoms with Crippen molar-refractivity contribution in [3.63, 3.8) is 0 Å². The van der Waals surface area contributed by atoms with E-state index in [4.69, 9.17) is 19.9 Å². The maximum Gasteiger partial charge on any atom is 1.00 e. The summed E-state index contributed by atoms with van der Waals surface area (Å²) in [5, 5.41) is 25.1. The van der Waals surface area contributed by atoms with E-state index in [0.717, 1.165) is 12.8 Å². The van der Waals surface area contributed by atoms with Crippen molar-refractivity contribution in [2.24, 2.45) is 0 Å². The molecule has 0 aliphatic carbocycles. The van der Waals surface area contributed by atoms with Crippen molar-refractivity contribution in [2.45, 2.75) is 116 Å². The molecule has 0 saturated carbocycles. The van der Waals surface area contributed by atoms with E-state index in [1.165, 1.54) is 83.5 Å². The molecular weight excluding hydrogens is 435 g/mol. The fourth-order valence-electron chi connectivity index (χ4n) is 2.86. The van der Waals surface area contributed by atoms with Crippen LogP contribution in [0.2, 0.25) is 0 Å². The standard InChI is InChI=1S/C18H36O2.C3H8O6S.Na.H/c1-2-3-4-5-6-7-8-9-10-11-12-13-14-15-16-17-18(19)20;4-1-3(5)2-9-10(6,7)8;;/h2-17H2,1H3,(H,19,20);3-5H,1-2H2,(H,6,7,8);;/q;;+1;-1. The molecule has 0 aliphatic rings. The van der Waals surface area contributed by atoms with Crippen molar-refractivity contribution < 1.29 is 68.3 Å². The van der Waals surface area contributed by atoms with Gasteiger partial charge in [0.2, 0.25) is 0 Å². The molecule has 10 heteroatoms. The first-order valence-corrected chi connectivity index (χ1v) is 12.7. The molecule has 1 atom stereocenters. The van der Waals surface area contributed by atoms with E-state index in [1.807, 2.05) is 0 Å². The number of carboxylic acids is 1. The van der Waals surface area contributed by atoms with Crippen molar-refractivity contribution in [1.82, 2.24) is 0 Å². The number of carboxylic acid groups (broad SMARTS) is 1. The minimum Gasteiger partial charge on any atom is -1.00 e. The quantitative estimate of drug-likeness (QED) is 0.117. The summed E-state index contributed by atoms with van der Waals surface area (Å²) in [7, 11) is -4.50. The summed E-state index contributed by atoms with van der Waals surface area (Å²) in [4.78, 5) is 10.3. The number of aliphatic hydroxyl groups is 2. The van der Waals surface area contributed by atoms with Gasteiger partial charge in [0, 0.05) is 6.42 Å². The summed E-state index contributed by atoms with van der Waals surface area (Å²) < 4.78 is 31.2. The van der Waals surface area contributed by atoms with Gasteiger partial charge in [-0.2, -0.15) is 8.42 Å². The normalized spacial score (nSPS) is 11.9. The van der Waals surface area contributed by atoms with Crippen LogP contribution in [0.5, 0.6) is 0 Å². The molecule has 31 heavy (non-hydrogen) atoms. The van der Waals surface area contributed by atoms with Gasteiger partial charge >= 0.3 is 45.9 Å². The molecule has 0 aromatic rings. The zero-order valence-corrected chi connectivity index (χ0v) is 22.5. The summed E-state index contributed by atoms with van der Waals surface area (Å²) in [5.74, 6) is -0.653. The van der Waals surface area contributed by atoms with E-state index >= 15 is 0 Å². The third kappa shape index (κ3) is 37.9. The number of carbonyl (C=O) groups is 1. The fraction of sp³-hybridized carbons (Fsp3) is 0.952. The maximum absolute atomic E-state index is 10.3. The van der Waals surface area contributed by atoms with Crippen LogP contribution in [0.3, 0.4) is 0 Å². The average molecular weight is 481 g/mol. The van der Waals surface area contributed by atoms with Crippen molar-refractivity contribution in [1.29, 1.82) is 0 Å². The second-order valence-corrected chi connectivity index (χ2v) is 8.73. The topological polar surface area (TPSA) is 141 Å². The fourth-order valence-corrected chi connectivity index (χ4v) is 3.19. The first kappa shape index (κ1) is 35.8. The Kier molecular flexibility index (Phi) is 30.7. The number of unbranched alkanes of at least 4 members (excludes halogenated alkanes) is 14. The summed E-state index contributed by atoms with van der Waals surface area (Å²) in [5.41, 5.74) is 0. The van der Waals surface area contributed by atoms with Gasteiger partial charge in [-0.15, -0.1) is 0 Å². The van der Waals surface area contributed by atoms with Crippen molar-refractivity contribution in [3.8, 4) is 0 Å². The van der Waals surface area contributed by atoms with Crippen molar-refractivity contribution in [2.75, 3.05) is 13.2 Å². The van der Waals surface area contributed by atoms with Gasteiger partial charge in [-0.1, -0.05) is 96.8 Å². The molecule has 0 aromatic heterocycles. The Morgan fingerprint density at radius 3 is 1.48 bits per heavy atom. The van der Waals surface area contributed by atoms with Gasteiger partial charge in [0.1, 0.15) is 6.10 Å². The Balaban J connectivity index is -0.000000279. The van der Waals surface area contributed by atoms with Gasteiger partial charge in [0.05, 0.1) is 13.2 Å². The van der Waals surface area contributed by atoms with Crippen LogP contribution in [0.15, 0.2) is 0 Å². The number of rotatable bonds is 20. The van der Waals surface area contributed by atoms with Crippen LogP contribution >= 0.6 is 0 Å². The molecule has 0 spiro atoms. The molecule has 4 N–H and O–H groups in total. The summed E-state index contributed by atoms with van der Waals surface area (Å²) in [6.45, 7) is 1.01. The predicted octanol–water partition coefficient (Wildman–Crippen LogP) is 1.61. The molecule has 0 aromatic carbocycles. The SMILES string of the molecule is CCCCCCCCCCCCCCCCCC(=O)O.O=S(=O)(O)OCC(O)CO.[H-].[Na+]. The molecule has 0 saturated heterocycles. The van der Waals surface area contributed by atoms with Crippen LogP contribution in [0.4, 0.5) is 0 Å². The second-order valence-electron chi connectivity index (χ2n) is 7.64. The van der Waals surface area contributed by atoms with E-state index in [2.05, 4.69) is 11.1 Å². The predicted molar refractivity (Wildman–Crippen MR) is 119 cm³/mol. The van der Waals surface area contributed by atoms with E-state index in [1.54, 1.807) is 0 Å². The molecule has 8 nitrogen and oxygen atoms in total. The van der Waals surface area contributed by atoms with Gasteiger partial charge in [-0.25, -0.2) is 4.18 Å². The summed E-state index contributed by atoms with van der Waals surface area (Å²) >= 11 is 0. The minimum absolute atomic E-state index is 0. The van der Waals surface area contributed by atoms with Gasteiger partial charge in [-0.05, 0) is 6.42 Å². The Morgan fingerprint density at radius 2 is 1.19 bits per heavy atom. The molecular formula is C21H45NaO8S. The Hall–Kier alpha value is 0.260. The molecule has 0 radical (unpaired) electrons. The molecule has 0 fully saturated rings. The summed E-state index contributed by atoms with van der Waals surface area (Å²) in [6.07, 6.45) is 18.9. The smallest absolute Gasteiger partial charge is 1.00 e. The zero-order valence-electron chi connectivity index (χ0n) is 20.6. The zero-order chi connectivity index (χ0) is 23.1. The third-order valence-electron chi connectivity index (χ3n) is 4.61. The Bertz CT molecular complexity index is 480.